The Bertz CT molecular complexity index is 790. The molecular weight excluding hydrogens is 352 g/mol. The molecule has 5 nitrogen and oxygen atoms in total. The molecule has 1 aromatic carbocycles. The highest BCUT2D eigenvalue weighted by Gasteiger charge is 2.09. The second-order valence-corrected chi connectivity index (χ2v) is 6.24. The van der Waals surface area contributed by atoms with E-state index in [1.165, 1.54) is 5.56 Å². The molecule has 0 saturated carbocycles. The second kappa shape index (κ2) is 5.97. The number of rotatable bonds is 4. The Hall–Kier alpha value is -1.70. The van der Waals surface area contributed by atoms with Crippen LogP contribution in [0, 0.1) is 6.92 Å². The van der Waals surface area contributed by atoms with Crippen LogP contribution in [-0.2, 0) is 6.61 Å². The number of benzene rings is 1. The van der Waals surface area contributed by atoms with Gasteiger partial charge in [0.2, 0.25) is 0 Å². The largest absolute Gasteiger partial charge is 0.484 e. The van der Waals surface area contributed by atoms with Gasteiger partial charge in [-0.25, -0.2) is 15.8 Å². The number of nitrogens with two attached hydrogens (primary N) is 1. The van der Waals surface area contributed by atoms with Gasteiger partial charge in [0.05, 0.1) is 9.86 Å². The molecule has 0 unspecified atom stereocenters. The van der Waals surface area contributed by atoms with Gasteiger partial charge in [0.25, 0.3) is 0 Å². The summed E-state index contributed by atoms with van der Waals surface area (Å²) in [7, 11) is 0. The number of thiophene rings is 1. The van der Waals surface area contributed by atoms with Crippen molar-refractivity contribution in [2.75, 3.05) is 5.43 Å². The first-order valence-corrected chi connectivity index (χ1v) is 7.94. The van der Waals surface area contributed by atoms with Gasteiger partial charge in [-0.15, -0.1) is 11.3 Å². The molecule has 0 fully saturated rings. The summed E-state index contributed by atoms with van der Waals surface area (Å²) < 4.78 is 6.68. The SMILES string of the molecule is Cc1ccc(OCc2nc(NN)c3ccsc3n2)c(Br)c1. The number of aromatic nitrogens is 2. The van der Waals surface area contributed by atoms with E-state index in [9.17, 15) is 0 Å². The number of nitrogens with zero attached hydrogens (tertiary/aromatic N) is 2. The number of hydrogen-bond donors (Lipinski definition) is 2. The third-order valence-electron chi connectivity index (χ3n) is 2.95. The molecule has 2 heterocycles. The van der Waals surface area contributed by atoms with Crippen molar-refractivity contribution in [3.8, 4) is 5.75 Å². The monoisotopic (exact) mass is 364 g/mol. The Labute approximate surface area is 134 Å². The summed E-state index contributed by atoms with van der Waals surface area (Å²) in [6.07, 6.45) is 0. The quantitative estimate of drug-likeness (QED) is 0.546. The lowest BCUT2D eigenvalue weighted by atomic mass is 10.2. The average Bonchev–Trinajstić information content (AvgIpc) is 2.93. The molecule has 108 valence electrons. The number of hydrazine groups is 1. The standard InChI is InChI=1S/C14H13BrN4OS/c1-8-2-3-11(10(15)6-8)20-7-12-17-13(19-16)9-4-5-21-14(9)18-12/h2-6H,7,16H2,1H3,(H,17,18,19). The molecule has 0 spiro atoms. The van der Waals surface area contributed by atoms with Gasteiger partial charge in [-0.2, -0.15) is 0 Å². The maximum atomic E-state index is 5.77. The molecule has 21 heavy (non-hydrogen) atoms. The van der Waals surface area contributed by atoms with Crippen molar-refractivity contribution in [3.05, 3.63) is 45.5 Å². The minimum atomic E-state index is 0.282. The molecule has 0 atom stereocenters. The highest BCUT2D eigenvalue weighted by atomic mass is 79.9. The van der Waals surface area contributed by atoms with E-state index in [4.69, 9.17) is 10.6 Å². The third kappa shape index (κ3) is 2.99. The predicted octanol–water partition coefficient (Wildman–Crippen LogP) is 3.63. The van der Waals surface area contributed by atoms with Gasteiger partial charge in [-0.1, -0.05) is 6.07 Å². The van der Waals surface area contributed by atoms with Crippen LogP contribution in [0.15, 0.2) is 34.1 Å². The average molecular weight is 365 g/mol. The van der Waals surface area contributed by atoms with Crippen LogP contribution in [0.25, 0.3) is 10.2 Å². The Morgan fingerprint density at radius 1 is 1.33 bits per heavy atom. The second-order valence-electron chi connectivity index (χ2n) is 4.49. The number of hydrogen-bond acceptors (Lipinski definition) is 6. The molecule has 0 saturated heterocycles. The Morgan fingerprint density at radius 3 is 2.95 bits per heavy atom. The Balaban J connectivity index is 1.84. The van der Waals surface area contributed by atoms with Crippen molar-refractivity contribution in [1.82, 2.24) is 9.97 Å². The zero-order valence-corrected chi connectivity index (χ0v) is 13.7. The molecule has 0 bridgehead atoms. The molecule has 3 rings (SSSR count). The van der Waals surface area contributed by atoms with Gasteiger partial charge in [0.15, 0.2) is 11.6 Å². The van der Waals surface area contributed by atoms with Crippen LogP contribution in [0.5, 0.6) is 5.75 Å². The van der Waals surface area contributed by atoms with E-state index in [2.05, 4.69) is 31.3 Å². The van der Waals surface area contributed by atoms with Crippen molar-refractivity contribution >= 4 is 43.3 Å². The smallest absolute Gasteiger partial charge is 0.169 e. The van der Waals surface area contributed by atoms with Gasteiger partial charge in [0.1, 0.15) is 17.2 Å². The van der Waals surface area contributed by atoms with E-state index in [-0.39, 0.29) is 6.61 Å². The lowest BCUT2D eigenvalue weighted by Gasteiger charge is -2.09. The van der Waals surface area contributed by atoms with Crippen LogP contribution in [0.3, 0.4) is 0 Å². The lowest BCUT2D eigenvalue weighted by Crippen LogP contribution is -2.11. The molecule has 0 amide bonds. The van der Waals surface area contributed by atoms with E-state index in [0.717, 1.165) is 20.4 Å². The van der Waals surface area contributed by atoms with Crippen molar-refractivity contribution in [3.63, 3.8) is 0 Å². The molecule has 0 aliphatic carbocycles. The summed E-state index contributed by atoms with van der Waals surface area (Å²) >= 11 is 5.03. The summed E-state index contributed by atoms with van der Waals surface area (Å²) in [4.78, 5) is 9.74. The number of halogens is 1. The summed E-state index contributed by atoms with van der Waals surface area (Å²) in [5, 5.41) is 2.88. The van der Waals surface area contributed by atoms with Crippen LogP contribution in [0.4, 0.5) is 5.82 Å². The summed E-state index contributed by atoms with van der Waals surface area (Å²) in [5.41, 5.74) is 3.77. The first-order valence-electron chi connectivity index (χ1n) is 6.27. The molecule has 7 heteroatoms. The van der Waals surface area contributed by atoms with Gasteiger partial charge >= 0.3 is 0 Å². The summed E-state index contributed by atoms with van der Waals surface area (Å²) in [6.45, 7) is 2.31. The van der Waals surface area contributed by atoms with Gasteiger partial charge in [0, 0.05) is 0 Å². The summed E-state index contributed by atoms with van der Waals surface area (Å²) in [6, 6.07) is 7.86. The molecule has 3 aromatic rings. The first kappa shape index (κ1) is 14.2. The highest BCUT2D eigenvalue weighted by Crippen LogP contribution is 2.27. The molecule has 0 aliphatic heterocycles. The van der Waals surface area contributed by atoms with E-state index >= 15 is 0 Å². The van der Waals surface area contributed by atoms with Crippen molar-refractivity contribution in [2.45, 2.75) is 13.5 Å². The fourth-order valence-corrected chi connectivity index (χ4v) is 3.33. The van der Waals surface area contributed by atoms with Crippen LogP contribution in [-0.4, -0.2) is 9.97 Å². The topological polar surface area (TPSA) is 73.1 Å². The number of ether oxygens (including phenoxy) is 1. The number of nitrogens with one attached hydrogen (secondary N) is 1. The number of nitrogen functional groups attached to an aromatic ring is 1. The highest BCUT2D eigenvalue weighted by molar-refractivity contribution is 9.10. The maximum absolute atomic E-state index is 5.77. The van der Waals surface area contributed by atoms with Crippen molar-refractivity contribution in [2.24, 2.45) is 5.84 Å². The molecular formula is C14H13BrN4OS. The lowest BCUT2D eigenvalue weighted by molar-refractivity contribution is 0.294. The van der Waals surface area contributed by atoms with Crippen molar-refractivity contribution < 1.29 is 4.74 Å². The number of fused-ring (bicyclic) bond motifs is 1. The van der Waals surface area contributed by atoms with Crippen LogP contribution >= 0.6 is 27.3 Å². The zero-order chi connectivity index (χ0) is 14.8. The number of aryl methyl sites for hydroxylation is 1. The van der Waals surface area contributed by atoms with Crippen LogP contribution in [0.1, 0.15) is 11.4 Å². The zero-order valence-electron chi connectivity index (χ0n) is 11.3. The van der Waals surface area contributed by atoms with Gasteiger partial charge in [-0.3, -0.25) is 0 Å². The molecule has 3 N–H and O–H groups in total. The first-order chi connectivity index (χ1) is 10.2. The molecule has 0 aliphatic rings. The normalized spacial score (nSPS) is 10.8. The van der Waals surface area contributed by atoms with Crippen molar-refractivity contribution in [1.29, 1.82) is 0 Å². The van der Waals surface area contributed by atoms with E-state index in [0.29, 0.717) is 11.6 Å². The molecule has 0 radical (unpaired) electrons. The third-order valence-corrected chi connectivity index (χ3v) is 4.38. The minimum absolute atomic E-state index is 0.282. The van der Waals surface area contributed by atoms with E-state index in [1.807, 2.05) is 36.6 Å². The maximum Gasteiger partial charge on any atom is 0.169 e. The van der Waals surface area contributed by atoms with Gasteiger partial charge < -0.3 is 10.2 Å². The minimum Gasteiger partial charge on any atom is -0.484 e. The Morgan fingerprint density at radius 2 is 2.19 bits per heavy atom. The number of anilines is 1. The Kier molecular flexibility index (Phi) is 4.05. The fraction of sp³-hybridized carbons (Fsp3) is 0.143. The van der Waals surface area contributed by atoms with E-state index < -0.39 is 0 Å². The van der Waals surface area contributed by atoms with Gasteiger partial charge in [-0.05, 0) is 52.0 Å². The summed E-state index contributed by atoms with van der Waals surface area (Å²) in [5.74, 6) is 7.47. The van der Waals surface area contributed by atoms with E-state index in [1.54, 1.807) is 11.3 Å². The fourth-order valence-electron chi connectivity index (χ4n) is 1.94. The van der Waals surface area contributed by atoms with Crippen LogP contribution < -0.4 is 16.0 Å². The van der Waals surface area contributed by atoms with Crippen LogP contribution in [0.2, 0.25) is 0 Å². The molecule has 2 aromatic heterocycles. The predicted molar refractivity (Wildman–Crippen MR) is 88.4 cm³/mol.